The van der Waals surface area contributed by atoms with Crippen LogP contribution in [-0.4, -0.2) is 44.2 Å². The van der Waals surface area contributed by atoms with E-state index in [-0.39, 0.29) is 5.91 Å². The first-order valence-electron chi connectivity index (χ1n) is 8.96. The summed E-state index contributed by atoms with van der Waals surface area (Å²) in [5, 5.41) is 3.07. The number of aryl methyl sites for hydroxylation is 1. The number of para-hydroxylation sites is 1. The molecule has 0 bridgehead atoms. The lowest BCUT2D eigenvalue weighted by atomic mass is 9.94. The van der Waals surface area contributed by atoms with Gasteiger partial charge in [-0.25, -0.2) is 0 Å². The van der Waals surface area contributed by atoms with Crippen molar-refractivity contribution in [2.75, 3.05) is 37.6 Å². The molecule has 0 saturated carbocycles. The number of hydrogen-bond donors (Lipinski definition) is 2. The van der Waals surface area contributed by atoms with Crippen LogP contribution in [0, 0.1) is 19.3 Å². The fourth-order valence-electron chi connectivity index (χ4n) is 3.36. The van der Waals surface area contributed by atoms with Gasteiger partial charge in [-0.3, -0.25) is 4.79 Å². The molecule has 1 amide bonds. The van der Waals surface area contributed by atoms with E-state index in [2.05, 4.69) is 47.3 Å². The maximum Gasteiger partial charge on any atom is 0.276 e. The average molecular weight is 328 g/mol. The quantitative estimate of drug-likeness (QED) is 0.765. The Hall–Kier alpha value is -1.99. The summed E-state index contributed by atoms with van der Waals surface area (Å²) in [7, 11) is 0. The first-order valence-corrected chi connectivity index (χ1v) is 8.96. The van der Waals surface area contributed by atoms with Crippen LogP contribution in [0.1, 0.15) is 32.3 Å². The third kappa shape index (κ3) is 4.30. The predicted octanol–water partition coefficient (Wildman–Crippen LogP) is 1.01. The molecule has 0 spiro atoms. The molecule has 1 fully saturated rings. The van der Waals surface area contributed by atoms with Gasteiger partial charge < -0.3 is 15.1 Å². The first-order chi connectivity index (χ1) is 11.5. The van der Waals surface area contributed by atoms with Gasteiger partial charge in [0, 0.05) is 5.69 Å². The molecule has 1 aromatic rings. The number of amides is 1. The molecule has 1 aliphatic rings. The molecular formula is C20H30N3O+. The number of terminal acetylenes is 1. The number of benzene rings is 1. The van der Waals surface area contributed by atoms with Crippen LogP contribution >= 0.6 is 0 Å². The van der Waals surface area contributed by atoms with Crippen LogP contribution in [0.5, 0.6) is 0 Å². The Balaban J connectivity index is 1.86. The molecule has 0 aromatic heterocycles. The van der Waals surface area contributed by atoms with Crippen LogP contribution in [-0.2, 0) is 4.79 Å². The molecule has 1 saturated heterocycles. The Morgan fingerprint density at radius 1 is 1.29 bits per heavy atom. The number of hydrogen-bond acceptors (Lipinski definition) is 2. The number of anilines is 1. The maximum atomic E-state index is 12.4. The molecule has 0 unspecified atom stereocenters. The van der Waals surface area contributed by atoms with Gasteiger partial charge in [-0.1, -0.05) is 38.0 Å². The third-order valence-corrected chi connectivity index (χ3v) is 5.20. The lowest BCUT2D eigenvalue weighted by molar-refractivity contribution is -0.892. The van der Waals surface area contributed by atoms with Crippen molar-refractivity contribution in [1.29, 1.82) is 0 Å². The van der Waals surface area contributed by atoms with Crippen molar-refractivity contribution in [3.8, 4) is 12.3 Å². The zero-order valence-corrected chi connectivity index (χ0v) is 15.2. The van der Waals surface area contributed by atoms with E-state index < -0.39 is 5.54 Å². The molecule has 4 nitrogen and oxygen atoms in total. The lowest BCUT2D eigenvalue weighted by Crippen LogP contribution is -3.16. The summed E-state index contributed by atoms with van der Waals surface area (Å²) in [5.41, 5.74) is 2.13. The highest BCUT2D eigenvalue weighted by Gasteiger charge is 2.28. The van der Waals surface area contributed by atoms with Gasteiger partial charge in [-0.15, -0.1) is 6.42 Å². The van der Waals surface area contributed by atoms with Gasteiger partial charge in [0.25, 0.3) is 5.91 Å². The number of quaternary nitrogens is 1. The number of nitrogens with zero attached hydrogens (tertiary/aromatic N) is 1. The van der Waals surface area contributed by atoms with Crippen molar-refractivity contribution in [1.82, 2.24) is 5.32 Å². The Morgan fingerprint density at radius 2 is 1.92 bits per heavy atom. The van der Waals surface area contributed by atoms with Gasteiger partial charge in [0.05, 0.1) is 26.2 Å². The van der Waals surface area contributed by atoms with Crippen molar-refractivity contribution in [2.24, 2.45) is 0 Å². The molecule has 4 heteroatoms. The highest BCUT2D eigenvalue weighted by atomic mass is 16.2. The summed E-state index contributed by atoms with van der Waals surface area (Å²) in [6.07, 6.45) is 7.16. The van der Waals surface area contributed by atoms with Gasteiger partial charge in [0.1, 0.15) is 5.54 Å². The Bertz CT molecular complexity index is 593. The summed E-state index contributed by atoms with van der Waals surface area (Å²) < 4.78 is 0. The fourth-order valence-corrected chi connectivity index (χ4v) is 3.36. The van der Waals surface area contributed by atoms with Crippen LogP contribution in [0.4, 0.5) is 5.69 Å². The Morgan fingerprint density at radius 3 is 2.46 bits per heavy atom. The van der Waals surface area contributed by atoms with Gasteiger partial charge in [-0.05, 0) is 31.4 Å². The van der Waals surface area contributed by atoms with E-state index in [0.29, 0.717) is 6.54 Å². The summed E-state index contributed by atoms with van der Waals surface area (Å²) in [6.45, 7) is 10.6. The number of carbonyl (C=O) groups is 1. The summed E-state index contributed by atoms with van der Waals surface area (Å²) in [4.78, 5) is 16.1. The predicted molar refractivity (Wildman–Crippen MR) is 99.2 cm³/mol. The summed E-state index contributed by atoms with van der Waals surface area (Å²) >= 11 is 0. The lowest BCUT2D eigenvalue weighted by Gasteiger charge is -2.35. The Labute approximate surface area is 146 Å². The molecule has 0 radical (unpaired) electrons. The third-order valence-electron chi connectivity index (χ3n) is 5.20. The molecule has 1 heterocycles. The van der Waals surface area contributed by atoms with Crippen molar-refractivity contribution < 1.29 is 9.69 Å². The van der Waals surface area contributed by atoms with Crippen LogP contribution in [0.25, 0.3) is 0 Å². The van der Waals surface area contributed by atoms with Crippen LogP contribution in [0.2, 0.25) is 0 Å². The van der Waals surface area contributed by atoms with E-state index in [9.17, 15) is 4.79 Å². The van der Waals surface area contributed by atoms with E-state index in [1.54, 1.807) is 0 Å². The van der Waals surface area contributed by atoms with E-state index in [4.69, 9.17) is 6.42 Å². The second kappa shape index (κ2) is 8.21. The number of rotatable bonds is 6. The normalized spacial score (nSPS) is 15.8. The second-order valence-corrected chi connectivity index (χ2v) is 6.68. The summed E-state index contributed by atoms with van der Waals surface area (Å²) in [5.74, 6) is 2.83. The molecule has 0 aliphatic carbocycles. The largest absolute Gasteiger partial charge is 0.360 e. The van der Waals surface area contributed by atoms with E-state index in [1.807, 2.05) is 13.8 Å². The first kappa shape index (κ1) is 18.4. The van der Waals surface area contributed by atoms with Crippen LogP contribution < -0.4 is 15.1 Å². The number of carbonyl (C=O) groups excluding carboxylic acids is 1. The van der Waals surface area contributed by atoms with E-state index in [1.165, 1.54) is 16.2 Å². The number of nitrogens with one attached hydrogen (secondary N) is 2. The number of piperazine rings is 1. The molecule has 1 aromatic carbocycles. The monoisotopic (exact) mass is 328 g/mol. The highest BCUT2D eigenvalue weighted by Crippen LogP contribution is 2.18. The average Bonchev–Trinajstić information content (AvgIpc) is 2.61. The smallest absolute Gasteiger partial charge is 0.276 e. The zero-order valence-electron chi connectivity index (χ0n) is 15.2. The van der Waals surface area contributed by atoms with E-state index in [0.717, 1.165) is 39.0 Å². The summed E-state index contributed by atoms with van der Waals surface area (Å²) in [6, 6.07) is 8.49. The topological polar surface area (TPSA) is 36.8 Å². The second-order valence-electron chi connectivity index (χ2n) is 6.68. The van der Waals surface area contributed by atoms with Gasteiger partial charge in [-0.2, -0.15) is 0 Å². The molecule has 24 heavy (non-hydrogen) atoms. The minimum absolute atomic E-state index is 0.0657. The van der Waals surface area contributed by atoms with E-state index >= 15 is 0 Å². The van der Waals surface area contributed by atoms with Crippen LogP contribution in [0.3, 0.4) is 0 Å². The van der Waals surface area contributed by atoms with Crippen molar-refractivity contribution in [2.45, 2.75) is 39.2 Å². The van der Waals surface area contributed by atoms with Gasteiger partial charge in [0.15, 0.2) is 6.54 Å². The minimum Gasteiger partial charge on any atom is -0.360 e. The molecular weight excluding hydrogens is 298 g/mol. The van der Waals surface area contributed by atoms with Gasteiger partial charge in [0.2, 0.25) is 0 Å². The van der Waals surface area contributed by atoms with Crippen LogP contribution in [0.15, 0.2) is 24.3 Å². The van der Waals surface area contributed by atoms with Crippen molar-refractivity contribution in [3.63, 3.8) is 0 Å². The SMILES string of the molecule is C#CC(CC)(CC)NC(=O)C[NH+]1CCN(c2ccccc2C)CC1. The van der Waals surface area contributed by atoms with Crippen molar-refractivity contribution >= 4 is 11.6 Å². The maximum absolute atomic E-state index is 12.4. The van der Waals surface area contributed by atoms with Crippen molar-refractivity contribution in [3.05, 3.63) is 29.8 Å². The minimum atomic E-state index is -0.487. The molecule has 2 N–H and O–H groups in total. The molecule has 1 aliphatic heterocycles. The Kier molecular flexibility index (Phi) is 6.28. The fraction of sp³-hybridized carbons (Fsp3) is 0.550. The molecule has 130 valence electrons. The molecule has 0 atom stereocenters. The molecule has 2 rings (SSSR count). The zero-order chi connectivity index (χ0) is 17.6. The standard InChI is InChI=1S/C20H29N3O/c1-5-20(6-2,7-3)21-19(24)16-22-12-14-23(15-13-22)18-11-9-8-10-17(18)4/h1,8-11H,6-7,12-16H2,2-4H3,(H,21,24)/p+1. The van der Waals surface area contributed by atoms with Gasteiger partial charge >= 0.3 is 0 Å². The highest BCUT2D eigenvalue weighted by molar-refractivity contribution is 5.78.